The fourth-order valence-electron chi connectivity index (χ4n) is 4.41. The summed E-state index contributed by atoms with van der Waals surface area (Å²) in [5.41, 5.74) is 1.29. The number of esters is 1. The van der Waals surface area contributed by atoms with Crippen molar-refractivity contribution in [2.75, 3.05) is 31.0 Å². The largest absolute Gasteiger partial charge is 0.469 e. The number of hydrogen-bond donors (Lipinski definition) is 1. The van der Waals surface area contributed by atoms with Gasteiger partial charge in [-0.15, -0.1) is 0 Å². The van der Waals surface area contributed by atoms with Crippen LogP contribution in [-0.2, 0) is 20.4 Å². The third-order valence-electron chi connectivity index (χ3n) is 6.33. The first-order valence-corrected chi connectivity index (χ1v) is 12.8. The summed E-state index contributed by atoms with van der Waals surface area (Å²) in [5.74, 6) is -0.762. The van der Waals surface area contributed by atoms with E-state index in [1.165, 1.54) is 7.11 Å². The number of pyridine rings is 1. The van der Waals surface area contributed by atoms with Crippen molar-refractivity contribution in [1.29, 1.82) is 0 Å². The summed E-state index contributed by atoms with van der Waals surface area (Å²) < 4.78 is 53.1. The van der Waals surface area contributed by atoms with E-state index >= 15 is 0 Å². The molecule has 1 aliphatic carbocycles. The standard InChI is InChI=1S/C24H34F3N5O3S/c1-14(2)13-32(17-6-8-18(34-4)9-7-17)21-19(29-23-30-22(31-36-23)24(25,26)27)11-16(12-28-21)15(3)10-20(33)35-5/h11-12,14-15,17-18H,6-10,13H2,1-5H3,(H,29,30,31)/t15-,17-,18-/m1/s1. The first-order chi connectivity index (χ1) is 17.0. The summed E-state index contributed by atoms with van der Waals surface area (Å²) in [5, 5.41) is 3.06. The molecule has 0 aliphatic heterocycles. The zero-order chi connectivity index (χ0) is 26.5. The van der Waals surface area contributed by atoms with Gasteiger partial charge in [-0.1, -0.05) is 20.8 Å². The summed E-state index contributed by atoms with van der Waals surface area (Å²) in [6.07, 6.45) is 1.19. The highest BCUT2D eigenvalue weighted by molar-refractivity contribution is 7.09. The van der Waals surface area contributed by atoms with Gasteiger partial charge in [0.15, 0.2) is 5.82 Å². The molecule has 0 unspecified atom stereocenters. The number of methoxy groups -OCH3 is 2. The summed E-state index contributed by atoms with van der Waals surface area (Å²) in [4.78, 5) is 22.5. The first kappa shape index (κ1) is 28.1. The molecule has 8 nitrogen and oxygen atoms in total. The van der Waals surface area contributed by atoms with Crippen molar-refractivity contribution in [3.05, 3.63) is 23.7 Å². The maximum absolute atomic E-state index is 13.1. The summed E-state index contributed by atoms with van der Waals surface area (Å²) in [7, 11) is 3.06. The van der Waals surface area contributed by atoms with E-state index in [1.807, 2.05) is 13.0 Å². The number of nitrogens with zero attached hydrogens (tertiary/aromatic N) is 4. The molecule has 0 spiro atoms. The third kappa shape index (κ3) is 7.28. The van der Waals surface area contributed by atoms with Crippen molar-refractivity contribution >= 4 is 34.1 Å². The van der Waals surface area contributed by atoms with E-state index in [0.717, 1.165) is 37.8 Å². The van der Waals surface area contributed by atoms with E-state index in [1.54, 1.807) is 13.3 Å². The van der Waals surface area contributed by atoms with Gasteiger partial charge in [0.05, 0.1) is 25.3 Å². The molecule has 0 radical (unpaired) electrons. The molecule has 2 aromatic rings. The molecule has 0 amide bonds. The van der Waals surface area contributed by atoms with Crippen LogP contribution in [0.4, 0.5) is 29.8 Å². The number of rotatable bonds is 10. The smallest absolute Gasteiger partial charge is 0.452 e. The molecule has 200 valence electrons. The Kier molecular flexibility index (Phi) is 9.51. The number of alkyl halides is 3. The predicted octanol–water partition coefficient (Wildman–Crippen LogP) is 5.78. The Bertz CT molecular complexity index is 1010. The fraction of sp³-hybridized carbons (Fsp3) is 0.667. The van der Waals surface area contributed by atoms with Crippen molar-refractivity contribution < 1.29 is 27.4 Å². The Morgan fingerprint density at radius 2 is 1.92 bits per heavy atom. The summed E-state index contributed by atoms with van der Waals surface area (Å²) >= 11 is 0.644. The Labute approximate surface area is 213 Å². The van der Waals surface area contributed by atoms with Gasteiger partial charge in [-0.05, 0) is 49.1 Å². The molecular weight excluding hydrogens is 495 g/mol. The maximum atomic E-state index is 13.1. The lowest BCUT2D eigenvalue weighted by Gasteiger charge is -2.39. The molecule has 2 aromatic heterocycles. The molecular formula is C24H34F3N5O3S. The molecule has 1 aliphatic rings. The topological polar surface area (TPSA) is 89.5 Å². The lowest BCUT2D eigenvalue weighted by Crippen LogP contribution is -2.42. The zero-order valence-electron chi connectivity index (χ0n) is 21.3. The second kappa shape index (κ2) is 12.2. The minimum Gasteiger partial charge on any atom is -0.469 e. The number of hydrogen-bond acceptors (Lipinski definition) is 9. The van der Waals surface area contributed by atoms with Crippen molar-refractivity contribution in [3.8, 4) is 0 Å². The minimum absolute atomic E-state index is 0.0238. The van der Waals surface area contributed by atoms with Gasteiger partial charge in [0.1, 0.15) is 0 Å². The Morgan fingerprint density at radius 3 is 2.47 bits per heavy atom. The molecule has 1 fully saturated rings. The van der Waals surface area contributed by atoms with E-state index in [2.05, 4.69) is 33.4 Å². The van der Waals surface area contributed by atoms with Crippen LogP contribution in [0.3, 0.4) is 0 Å². The maximum Gasteiger partial charge on any atom is 0.452 e. The highest BCUT2D eigenvalue weighted by Crippen LogP contribution is 2.37. The number of nitrogens with one attached hydrogen (secondary N) is 1. The van der Waals surface area contributed by atoms with Crippen LogP contribution < -0.4 is 10.2 Å². The number of ether oxygens (including phenoxy) is 2. The summed E-state index contributed by atoms with van der Waals surface area (Å²) in [6, 6.07) is 2.05. The highest BCUT2D eigenvalue weighted by Gasteiger charge is 2.36. The van der Waals surface area contributed by atoms with Gasteiger partial charge >= 0.3 is 12.1 Å². The van der Waals surface area contributed by atoms with Gasteiger partial charge in [0, 0.05) is 37.4 Å². The van der Waals surface area contributed by atoms with Gasteiger partial charge in [0.2, 0.25) is 11.0 Å². The average molecular weight is 530 g/mol. The number of carbonyl (C=O) groups is 1. The Balaban J connectivity index is 1.99. The Hall–Kier alpha value is -2.47. The second-order valence-electron chi connectivity index (χ2n) is 9.58. The second-order valence-corrected chi connectivity index (χ2v) is 10.3. The van der Waals surface area contributed by atoms with Crippen LogP contribution in [0.15, 0.2) is 12.3 Å². The van der Waals surface area contributed by atoms with Crippen LogP contribution in [0.1, 0.15) is 70.2 Å². The third-order valence-corrected chi connectivity index (χ3v) is 6.96. The average Bonchev–Trinajstić information content (AvgIpc) is 3.32. The molecule has 0 bridgehead atoms. The van der Waals surface area contributed by atoms with Crippen LogP contribution >= 0.6 is 11.5 Å². The van der Waals surface area contributed by atoms with Crippen molar-refractivity contribution in [1.82, 2.24) is 14.3 Å². The quantitative estimate of drug-likeness (QED) is 0.388. The van der Waals surface area contributed by atoms with Crippen LogP contribution in [0.25, 0.3) is 0 Å². The van der Waals surface area contributed by atoms with E-state index < -0.39 is 12.0 Å². The lowest BCUT2D eigenvalue weighted by molar-refractivity contribution is -0.144. The van der Waals surface area contributed by atoms with Crippen LogP contribution in [-0.4, -0.2) is 53.2 Å². The van der Waals surface area contributed by atoms with Crippen LogP contribution in [0, 0.1) is 5.92 Å². The first-order valence-electron chi connectivity index (χ1n) is 12.1. The number of aromatic nitrogens is 3. The molecule has 3 rings (SSSR count). The summed E-state index contributed by atoms with van der Waals surface area (Å²) in [6.45, 7) is 6.84. The molecule has 1 N–H and O–H groups in total. The molecule has 1 saturated carbocycles. The van der Waals surface area contributed by atoms with Gasteiger partial charge in [-0.3, -0.25) is 4.79 Å². The van der Waals surface area contributed by atoms with Gasteiger partial charge in [-0.2, -0.15) is 22.5 Å². The monoisotopic (exact) mass is 529 g/mol. The van der Waals surface area contributed by atoms with E-state index in [9.17, 15) is 18.0 Å². The number of anilines is 3. The van der Waals surface area contributed by atoms with Crippen molar-refractivity contribution in [2.45, 2.75) is 77.1 Å². The molecule has 1 atom stereocenters. The molecule has 0 aromatic carbocycles. The van der Waals surface area contributed by atoms with Crippen LogP contribution in [0.5, 0.6) is 0 Å². The van der Waals surface area contributed by atoms with E-state index in [4.69, 9.17) is 14.5 Å². The number of halogens is 3. The SMILES string of the molecule is COC(=O)C[C@@H](C)c1cnc(N(CC(C)C)[C@H]2CC[C@H](OC)CC2)c(Nc2nc(C(F)(F)F)ns2)c1. The highest BCUT2D eigenvalue weighted by atomic mass is 32.1. The lowest BCUT2D eigenvalue weighted by atomic mass is 9.91. The molecule has 36 heavy (non-hydrogen) atoms. The normalized spacial score (nSPS) is 19.2. The molecule has 0 saturated heterocycles. The molecule has 2 heterocycles. The fourth-order valence-corrected chi connectivity index (χ4v) is 5.01. The van der Waals surface area contributed by atoms with Gasteiger partial charge in [0.25, 0.3) is 0 Å². The van der Waals surface area contributed by atoms with Gasteiger partial charge in [-0.25, -0.2) is 4.98 Å². The van der Waals surface area contributed by atoms with Crippen molar-refractivity contribution in [3.63, 3.8) is 0 Å². The molecule has 12 heteroatoms. The van der Waals surface area contributed by atoms with Crippen LogP contribution in [0.2, 0.25) is 0 Å². The predicted molar refractivity (Wildman–Crippen MR) is 133 cm³/mol. The number of carbonyl (C=O) groups excluding carboxylic acids is 1. The minimum atomic E-state index is -4.63. The van der Waals surface area contributed by atoms with Crippen molar-refractivity contribution in [2.24, 2.45) is 5.92 Å². The Morgan fingerprint density at radius 1 is 1.22 bits per heavy atom. The van der Waals surface area contributed by atoms with E-state index in [-0.39, 0.29) is 35.6 Å². The van der Waals surface area contributed by atoms with Gasteiger partial charge < -0.3 is 19.7 Å². The van der Waals surface area contributed by atoms with E-state index in [0.29, 0.717) is 29.0 Å². The zero-order valence-corrected chi connectivity index (χ0v) is 22.1.